The maximum atomic E-state index is 5.97. The van der Waals surface area contributed by atoms with Crippen molar-refractivity contribution < 1.29 is 0 Å². The summed E-state index contributed by atoms with van der Waals surface area (Å²) in [5.74, 6) is 6.72. The summed E-state index contributed by atoms with van der Waals surface area (Å²) < 4.78 is 2.34. The minimum atomic E-state index is 0.603. The summed E-state index contributed by atoms with van der Waals surface area (Å²) >= 11 is 5.97. The minimum Gasteiger partial charge on any atom is -0.374 e. The second-order valence-corrected chi connectivity index (χ2v) is 10.3. The van der Waals surface area contributed by atoms with Gasteiger partial charge in [-0.1, -0.05) is 36.1 Å². The Labute approximate surface area is 215 Å². The standard InChI is InChI=1S/C30H37ClN4/c1-2-35-28(9-7-17-32-26-13-11-25(31)12-14-26)22-29-24(8-6-10-30(29)35)23-33-20-15-27(16-21-33)34-18-4-3-5-19-34/h6,8,10-14,22,27,32H,2-5,15-21,23H2,1H3. The molecule has 0 radical (unpaired) electrons. The third-order valence-electron chi connectivity index (χ3n) is 7.65. The van der Waals surface area contributed by atoms with E-state index in [0.717, 1.165) is 35.5 Å². The topological polar surface area (TPSA) is 23.4 Å². The van der Waals surface area contributed by atoms with E-state index >= 15 is 0 Å². The van der Waals surface area contributed by atoms with Crippen LogP contribution in [-0.2, 0) is 13.1 Å². The van der Waals surface area contributed by atoms with Gasteiger partial charge in [-0.05, 0) is 107 Å². The van der Waals surface area contributed by atoms with E-state index < -0.39 is 0 Å². The highest BCUT2D eigenvalue weighted by Crippen LogP contribution is 2.27. The summed E-state index contributed by atoms with van der Waals surface area (Å²) in [4.78, 5) is 5.41. The molecule has 0 aliphatic carbocycles. The number of piperidine rings is 2. The minimum absolute atomic E-state index is 0.603. The van der Waals surface area contributed by atoms with E-state index in [1.165, 1.54) is 74.7 Å². The molecule has 5 rings (SSSR count). The van der Waals surface area contributed by atoms with Gasteiger partial charge in [0.05, 0.1) is 12.2 Å². The molecule has 0 spiro atoms. The number of halogens is 1. The van der Waals surface area contributed by atoms with Crippen LogP contribution in [0.3, 0.4) is 0 Å². The Morgan fingerprint density at radius 3 is 2.49 bits per heavy atom. The van der Waals surface area contributed by atoms with E-state index in [0.29, 0.717) is 6.54 Å². The lowest BCUT2D eigenvalue weighted by Crippen LogP contribution is -2.46. The first-order chi connectivity index (χ1) is 17.2. The molecule has 2 aliphatic heterocycles. The van der Waals surface area contributed by atoms with Crippen molar-refractivity contribution in [2.75, 3.05) is 38.0 Å². The fraction of sp³-hybridized carbons (Fsp3) is 0.467. The quantitative estimate of drug-likeness (QED) is 0.416. The van der Waals surface area contributed by atoms with Crippen molar-refractivity contribution in [3.8, 4) is 11.8 Å². The van der Waals surface area contributed by atoms with Crippen LogP contribution < -0.4 is 5.32 Å². The van der Waals surface area contributed by atoms with Gasteiger partial charge in [0, 0.05) is 40.7 Å². The van der Waals surface area contributed by atoms with Crippen LogP contribution in [0.15, 0.2) is 48.5 Å². The molecule has 184 valence electrons. The first kappa shape index (κ1) is 24.3. The van der Waals surface area contributed by atoms with Gasteiger partial charge >= 0.3 is 0 Å². The molecule has 35 heavy (non-hydrogen) atoms. The predicted molar refractivity (Wildman–Crippen MR) is 148 cm³/mol. The largest absolute Gasteiger partial charge is 0.374 e. The third kappa shape index (κ3) is 5.86. The van der Waals surface area contributed by atoms with Gasteiger partial charge in [-0.3, -0.25) is 4.90 Å². The molecule has 0 atom stereocenters. The first-order valence-electron chi connectivity index (χ1n) is 13.3. The molecule has 4 nitrogen and oxygen atoms in total. The zero-order chi connectivity index (χ0) is 24.0. The average Bonchev–Trinajstić information content (AvgIpc) is 3.27. The van der Waals surface area contributed by atoms with Crippen LogP contribution in [0.1, 0.15) is 50.3 Å². The zero-order valence-electron chi connectivity index (χ0n) is 20.9. The SMILES string of the molecule is CCn1c(C#CCNc2ccc(Cl)cc2)cc2c(CN3CCC(N4CCCCC4)CC3)cccc21. The number of anilines is 1. The van der Waals surface area contributed by atoms with Crippen LogP contribution in [0.5, 0.6) is 0 Å². The van der Waals surface area contributed by atoms with E-state index in [2.05, 4.69) is 62.7 Å². The van der Waals surface area contributed by atoms with Gasteiger partial charge in [0.15, 0.2) is 0 Å². The Bertz CT molecular complexity index is 1170. The second-order valence-electron chi connectivity index (χ2n) is 9.89. The van der Waals surface area contributed by atoms with E-state index in [4.69, 9.17) is 11.6 Å². The molecule has 5 heteroatoms. The number of nitrogens with one attached hydrogen (secondary N) is 1. The summed E-state index contributed by atoms with van der Waals surface area (Å²) in [5.41, 5.74) is 4.85. The van der Waals surface area contributed by atoms with Crippen molar-refractivity contribution in [1.82, 2.24) is 14.4 Å². The molecule has 0 saturated carbocycles. The normalized spacial score (nSPS) is 17.9. The fourth-order valence-corrected chi connectivity index (χ4v) is 5.87. The van der Waals surface area contributed by atoms with E-state index in [1.807, 2.05) is 24.3 Å². The van der Waals surface area contributed by atoms with Crippen molar-refractivity contribution in [3.05, 3.63) is 64.8 Å². The number of fused-ring (bicyclic) bond motifs is 1. The van der Waals surface area contributed by atoms with Gasteiger partial charge in [0.2, 0.25) is 0 Å². The number of hydrogen-bond acceptors (Lipinski definition) is 3. The Balaban J connectivity index is 1.25. The van der Waals surface area contributed by atoms with Crippen molar-refractivity contribution in [1.29, 1.82) is 0 Å². The Morgan fingerprint density at radius 2 is 1.74 bits per heavy atom. The lowest BCUT2D eigenvalue weighted by Gasteiger charge is -2.40. The lowest BCUT2D eigenvalue weighted by atomic mass is 9.99. The Morgan fingerprint density at radius 1 is 0.971 bits per heavy atom. The number of rotatable bonds is 6. The van der Waals surface area contributed by atoms with Crippen LogP contribution in [-0.4, -0.2) is 53.1 Å². The molecule has 2 saturated heterocycles. The first-order valence-corrected chi connectivity index (χ1v) is 13.6. The maximum absolute atomic E-state index is 5.97. The molecule has 0 amide bonds. The highest BCUT2D eigenvalue weighted by molar-refractivity contribution is 6.30. The van der Waals surface area contributed by atoms with E-state index in [-0.39, 0.29) is 0 Å². The van der Waals surface area contributed by atoms with Gasteiger partial charge in [0.25, 0.3) is 0 Å². The van der Waals surface area contributed by atoms with E-state index in [1.54, 1.807) is 0 Å². The summed E-state index contributed by atoms with van der Waals surface area (Å²) in [6.07, 6.45) is 6.81. The van der Waals surface area contributed by atoms with Crippen molar-refractivity contribution >= 4 is 28.2 Å². The zero-order valence-corrected chi connectivity index (χ0v) is 21.7. The van der Waals surface area contributed by atoms with Crippen molar-refractivity contribution in [2.24, 2.45) is 0 Å². The molecule has 3 aromatic rings. The predicted octanol–water partition coefficient (Wildman–Crippen LogP) is 6.23. The van der Waals surface area contributed by atoms with Crippen molar-refractivity contribution in [2.45, 2.75) is 58.2 Å². The van der Waals surface area contributed by atoms with Gasteiger partial charge in [-0.25, -0.2) is 0 Å². The van der Waals surface area contributed by atoms with Gasteiger partial charge in [-0.15, -0.1) is 0 Å². The van der Waals surface area contributed by atoms with Gasteiger partial charge in [-0.2, -0.15) is 0 Å². The summed E-state index contributed by atoms with van der Waals surface area (Å²) in [5, 5.41) is 5.45. The molecule has 1 aromatic heterocycles. The average molecular weight is 489 g/mol. The van der Waals surface area contributed by atoms with Crippen LogP contribution >= 0.6 is 11.6 Å². The third-order valence-corrected chi connectivity index (χ3v) is 7.90. The summed E-state index contributed by atoms with van der Waals surface area (Å²) in [6, 6.07) is 17.6. The number of aryl methyl sites for hydroxylation is 1. The molecule has 2 aliphatic rings. The van der Waals surface area contributed by atoms with Crippen LogP contribution in [0.25, 0.3) is 10.9 Å². The molecule has 2 fully saturated rings. The molecule has 2 aromatic carbocycles. The molecular formula is C30H37ClN4. The van der Waals surface area contributed by atoms with Gasteiger partial charge in [0.1, 0.15) is 0 Å². The Kier molecular flexibility index (Phi) is 7.99. The Hall–Kier alpha value is -2.45. The fourth-order valence-electron chi connectivity index (χ4n) is 5.74. The number of aromatic nitrogens is 1. The number of likely N-dealkylation sites (tertiary alicyclic amines) is 2. The van der Waals surface area contributed by atoms with Crippen LogP contribution in [0.4, 0.5) is 5.69 Å². The lowest BCUT2D eigenvalue weighted by molar-refractivity contribution is 0.0898. The molecule has 3 heterocycles. The highest BCUT2D eigenvalue weighted by atomic mass is 35.5. The molecule has 0 bridgehead atoms. The smallest absolute Gasteiger partial charge is 0.0931 e. The number of hydrogen-bond donors (Lipinski definition) is 1. The van der Waals surface area contributed by atoms with E-state index in [9.17, 15) is 0 Å². The summed E-state index contributed by atoms with van der Waals surface area (Å²) in [7, 11) is 0. The molecule has 0 unspecified atom stereocenters. The summed E-state index contributed by atoms with van der Waals surface area (Å²) in [6.45, 7) is 9.79. The molecular weight excluding hydrogens is 452 g/mol. The number of nitrogens with zero attached hydrogens (tertiary/aromatic N) is 3. The molecule has 1 N–H and O–H groups in total. The highest BCUT2D eigenvalue weighted by Gasteiger charge is 2.25. The van der Waals surface area contributed by atoms with Gasteiger partial charge < -0.3 is 14.8 Å². The van der Waals surface area contributed by atoms with Crippen molar-refractivity contribution in [3.63, 3.8) is 0 Å². The van der Waals surface area contributed by atoms with Crippen LogP contribution in [0.2, 0.25) is 5.02 Å². The van der Waals surface area contributed by atoms with Crippen LogP contribution in [0, 0.1) is 11.8 Å². The number of benzene rings is 2. The monoisotopic (exact) mass is 488 g/mol. The maximum Gasteiger partial charge on any atom is 0.0931 e. The second kappa shape index (κ2) is 11.5.